The van der Waals surface area contributed by atoms with Crippen molar-refractivity contribution < 1.29 is 18.3 Å². The van der Waals surface area contributed by atoms with Gasteiger partial charge in [-0.2, -0.15) is 0 Å². The van der Waals surface area contributed by atoms with E-state index in [1.807, 2.05) is 0 Å². The molecule has 19 heavy (non-hydrogen) atoms. The van der Waals surface area contributed by atoms with Gasteiger partial charge in [0.25, 0.3) is 5.92 Å². The first kappa shape index (κ1) is 14.5. The quantitative estimate of drug-likeness (QED) is 0.629. The van der Waals surface area contributed by atoms with Crippen molar-refractivity contribution >= 4 is 29.2 Å². The lowest BCUT2D eigenvalue weighted by atomic mass is 10.0. The molecule has 3 nitrogen and oxygen atoms in total. The molecule has 1 aliphatic rings. The average Bonchev–Trinajstić information content (AvgIpc) is 3.08. The summed E-state index contributed by atoms with van der Waals surface area (Å²) in [4.78, 5) is 15.0. The minimum Gasteiger partial charge on any atom is -0.466 e. The summed E-state index contributed by atoms with van der Waals surface area (Å²) in [6, 6.07) is 2.13. The molecule has 2 unspecified atom stereocenters. The predicted octanol–water partition coefficient (Wildman–Crippen LogP) is 3.68. The lowest BCUT2D eigenvalue weighted by Crippen LogP contribution is -2.20. The Balaban J connectivity index is 2.17. The van der Waals surface area contributed by atoms with Gasteiger partial charge in [0.2, 0.25) is 0 Å². The van der Waals surface area contributed by atoms with Crippen molar-refractivity contribution in [3.63, 3.8) is 0 Å². The van der Waals surface area contributed by atoms with Crippen LogP contribution < -0.4 is 0 Å². The molecule has 1 aromatic heterocycles. The summed E-state index contributed by atoms with van der Waals surface area (Å²) in [5.74, 6) is -5.59. The number of carbonyl (C=O) groups is 1. The van der Waals surface area contributed by atoms with Crippen LogP contribution in [0.4, 0.5) is 8.78 Å². The Hall–Kier alpha value is -0.940. The molecule has 104 valence electrons. The van der Waals surface area contributed by atoms with E-state index in [4.69, 9.17) is 27.9 Å². The van der Waals surface area contributed by atoms with Crippen LogP contribution in [0.25, 0.3) is 0 Å². The van der Waals surface area contributed by atoms with Crippen molar-refractivity contribution in [1.82, 2.24) is 4.98 Å². The van der Waals surface area contributed by atoms with Gasteiger partial charge in [0.15, 0.2) is 0 Å². The molecule has 0 spiro atoms. The Bertz CT molecular complexity index is 490. The molecule has 0 N–H and O–H groups in total. The highest BCUT2D eigenvalue weighted by Crippen LogP contribution is 2.55. The molecular formula is C12H11Cl2F2NO2. The Labute approximate surface area is 118 Å². The molecule has 0 radical (unpaired) electrons. The number of ether oxygens (including phenoxy) is 1. The maximum Gasteiger partial charge on any atom is 0.309 e. The molecule has 1 fully saturated rings. The number of nitrogens with zero attached hydrogens (tertiary/aromatic N) is 1. The SMILES string of the molecule is CCOC(=O)C1CC1C(F)(F)c1cc(Cl)nc(Cl)c1. The maximum atomic E-state index is 14.2. The van der Waals surface area contributed by atoms with E-state index in [2.05, 4.69) is 4.98 Å². The minimum absolute atomic E-state index is 0.101. The first-order valence-electron chi connectivity index (χ1n) is 5.74. The van der Waals surface area contributed by atoms with Crippen molar-refractivity contribution in [2.24, 2.45) is 11.8 Å². The van der Waals surface area contributed by atoms with Gasteiger partial charge in [-0.25, -0.2) is 13.8 Å². The molecule has 1 saturated carbocycles. The molecule has 0 saturated heterocycles. The third-order valence-electron chi connectivity index (χ3n) is 2.99. The van der Waals surface area contributed by atoms with Gasteiger partial charge >= 0.3 is 5.97 Å². The van der Waals surface area contributed by atoms with E-state index in [1.165, 1.54) is 0 Å². The summed E-state index contributed by atoms with van der Waals surface area (Å²) in [6.07, 6.45) is 0.101. The second-order valence-electron chi connectivity index (χ2n) is 4.32. The second-order valence-corrected chi connectivity index (χ2v) is 5.10. The van der Waals surface area contributed by atoms with E-state index in [0.717, 1.165) is 12.1 Å². The molecule has 1 aliphatic carbocycles. The van der Waals surface area contributed by atoms with Crippen LogP contribution in [0.5, 0.6) is 0 Å². The van der Waals surface area contributed by atoms with Gasteiger partial charge in [-0.05, 0) is 25.5 Å². The fourth-order valence-electron chi connectivity index (χ4n) is 1.98. The normalized spacial score (nSPS) is 22.2. The van der Waals surface area contributed by atoms with E-state index in [1.54, 1.807) is 6.92 Å². The van der Waals surface area contributed by atoms with Crippen molar-refractivity contribution in [3.05, 3.63) is 28.0 Å². The van der Waals surface area contributed by atoms with E-state index < -0.39 is 23.7 Å². The predicted molar refractivity (Wildman–Crippen MR) is 66.4 cm³/mol. The summed E-state index contributed by atoms with van der Waals surface area (Å²) in [5, 5.41) is -0.203. The third kappa shape index (κ3) is 2.98. The van der Waals surface area contributed by atoms with E-state index in [-0.39, 0.29) is 28.9 Å². The highest BCUT2D eigenvalue weighted by Gasteiger charge is 2.59. The molecular weight excluding hydrogens is 299 g/mol. The summed E-state index contributed by atoms with van der Waals surface area (Å²) >= 11 is 11.2. The molecule has 1 aromatic rings. The van der Waals surface area contributed by atoms with Gasteiger partial charge < -0.3 is 4.74 Å². The van der Waals surface area contributed by atoms with Crippen LogP contribution >= 0.6 is 23.2 Å². The summed E-state index contributed by atoms with van der Waals surface area (Å²) in [7, 11) is 0. The van der Waals surface area contributed by atoms with Crippen molar-refractivity contribution in [2.75, 3.05) is 6.61 Å². The summed E-state index contributed by atoms with van der Waals surface area (Å²) < 4.78 is 33.1. The van der Waals surface area contributed by atoms with Crippen molar-refractivity contribution in [2.45, 2.75) is 19.3 Å². The number of carbonyl (C=O) groups excluding carboxylic acids is 1. The zero-order valence-corrected chi connectivity index (χ0v) is 11.5. The fourth-order valence-corrected chi connectivity index (χ4v) is 2.44. The lowest BCUT2D eigenvalue weighted by Gasteiger charge is -2.17. The Kier molecular flexibility index (Phi) is 3.97. The van der Waals surface area contributed by atoms with Crippen LogP contribution in [0.1, 0.15) is 18.9 Å². The topological polar surface area (TPSA) is 39.2 Å². The third-order valence-corrected chi connectivity index (χ3v) is 3.38. The maximum absolute atomic E-state index is 14.2. The number of aromatic nitrogens is 1. The molecule has 0 bridgehead atoms. The molecule has 2 rings (SSSR count). The fraction of sp³-hybridized carbons (Fsp3) is 0.500. The number of esters is 1. The van der Waals surface area contributed by atoms with Gasteiger partial charge in [-0.1, -0.05) is 23.2 Å². The number of pyridine rings is 1. The highest BCUT2D eigenvalue weighted by atomic mass is 35.5. The van der Waals surface area contributed by atoms with Crippen LogP contribution in [-0.4, -0.2) is 17.6 Å². The number of hydrogen-bond donors (Lipinski definition) is 0. The van der Waals surface area contributed by atoms with Gasteiger partial charge in [-0.3, -0.25) is 4.79 Å². The van der Waals surface area contributed by atoms with Gasteiger partial charge in [0.05, 0.1) is 12.5 Å². The lowest BCUT2D eigenvalue weighted by molar-refractivity contribution is -0.147. The summed E-state index contributed by atoms with van der Waals surface area (Å²) in [6.45, 7) is 1.82. The van der Waals surface area contributed by atoms with Crippen molar-refractivity contribution in [3.8, 4) is 0 Å². The van der Waals surface area contributed by atoms with Crippen LogP contribution in [0.15, 0.2) is 12.1 Å². The number of halogens is 4. The standard InChI is InChI=1S/C12H11Cl2F2NO2/c1-2-19-11(18)7-5-8(7)12(15,16)6-3-9(13)17-10(14)4-6/h3-4,7-8H,2,5H2,1H3. The van der Waals surface area contributed by atoms with Gasteiger partial charge in [0, 0.05) is 11.5 Å². The molecule has 2 atom stereocenters. The monoisotopic (exact) mass is 309 g/mol. The smallest absolute Gasteiger partial charge is 0.309 e. The van der Waals surface area contributed by atoms with E-state index in [9.17, 15) is 13.6 Å². The average molecular weight is 310 g/mol. The Morgan fingerprint density at radius 3 is 2.58 bits per heavy atom. The van der Waals surface area contributed by atoms with Crippen LogP contribution in [0, 0.1) is 11.8 Å². The molecule has 7 heteroatoms. The minimum atomic E-state index is -3.17. The first-order valence-corrected chi connectivity index (χ1v) is 6.49. The zero-order chi connectivity index (χ0) is 14.2. The highest BCUT2D eigenvalue weighted by molar-refractivity contribution is 6.32. The molecule has 0 amide bonds. The number of rotatable bonds is 4. The first-order chi connectivity index (χ1) is 8.86. The molecule has 1 heterocycles. The Morgan fingerprint density at radius 2 is 2.05 bits per heavy atom. The Morgan fingerprint density at radius 1 is 1.47 bits per heavy atom. The van der Waals surface area contributed by atoms with Crippen LogP contribution in [0.3, 0.4) is 0 Å². The molecule has 0 aliphatic heterocycles. The number of alkyl halides is 2. The second kappa shape index (κ2) is 5.21. The zero-order valence-electron chi connectivity index (χ0n) is 10.00. The van der Waals surface area contributed by atoms with E-state index in [0.29, 0.717) is 0 Å². The van der Waals surface area contributed by atoms with E-state index >= 15 is 0 Å². The van der Waals surface area contributed by atoms with Crippen LogP contribution in [0.2, 0.25) is 10.3 Å². The molecule has 0 aromatic carbocycles. The van der Waals surface area contributed by atoms with Crippen LogP contribution in [-0.2, 0) is 15.5 Å². The number of hydrogen-bond acceptors (Lipinski definition) is 3. The van der Waals surface area contributed by atoms with Gasteiger partial charge in [-0.15, -0.1) is 0 Å². The van der Waals surface area contributed by atoms with Crippen molar-refractivity contribution in [1.29, 1.82) is 0 Å². The van der Waals surface area contributed by atoms with Gasteiger partial charge in [0.1, 0.15) is 10.3 Å². The largest absolute Gasteiger partial charge is 0.466 e. The summed E-state index contributed by atoms with van der Waals surface area (Å²) in [5.41, 5.74) is -0.325.